The largest absolute Gasteiger partial charge is 0.450 e. The van der Waals surface area contributed by atoms with Gasteiger partial charge in [0.05, 0.1) is 13.2 Å². The van der Waals surface area contributed by atoms with E-state index < -0.39 is 42.8 Å². The SMILES string of the molecule is CC(CO)OOC1C(=O)C(=O)O[C@@H]1[C@@H](O)CO. The van der Waals surface area contributed by atoms with E-state index in [9.17, 15) is 14.7 Å². The van der Waals surface area contributed by atoms with E-state index in [4.69, 9.17) is 10.2 Å². The molecule has 0 radical (unpaired) electrons. The number of carbonyl (C=O) groups excluding carboxylic acids is 2. The van der Waals surface area contributed by atoms with Gasteiger partial charge in [-0.25, -0.2) is 14.6 Å². The second-order valence-electron chi connectivity index (χ2n) is 3.59. The summed E-state index contributed by atoms with van der Waals surface area (Å²) in [5.74, 6) is -2.17. The molecule has 8 heteroatoms. The summed E-state index contributed by atoms with van der Waals surface area (Å²) in [7, 11) is 0. The Kier molecular flexibility index (Phi) is 4.97. The molecule has 0 saturated carbocycles. The highest BCUT2D eigenvalue weighted by Gasteiger charge is 2.49. The molecule has 4 atom stereocenters. The van der Waals surface area contributed by atoms with E-state index in [1.165, 1.54) is 6.92 Å². The second-order valence-corrected chi connectivity index (χ2v) is 3.59. The Morgan fingerprint density at radius 1 is 1.35 bits per heavy atom. The maximum Gasteiger partial charge on any atom is 0.378 e. The number of ketones is 1. The normalized spacial score (nSPS) is 28.0. The van der Waals surface area contributed by atoms with Crippen molar-refractivity contribution in [3.05, 3.63) is 0 Å². The maximum absolute atomic E-state index is 11.3. The van der Waals surface area contributed by atoms with Crippen LogP contribution in [0.25, 0.3) is 0 Å². The highest BCUT2D eigenvalue weighted by Crippen LogP contribution is 2.19. The van der Waals surface area contributed by atoms with Crippen LogP contribution in [-0.2, 0) is 24.1 Å². The Labute approximate surface area is 96.6 Å². The number of hydrogen-bond acceptors (Lipinski definition) is 8. The molecule has 1 rings (SSSR count). The van der Waals surface area contributed by atoms with Crippen molar-refractivity contribution in [3.63, 3.8) is 0 Å². The number of esters is 1. The van der Waals surface area contributed by atoms with E-state index in [1.54, 1.807) is 0 Å². The molecule has 0 bridgehead atoms. The van der Waals surface area contributed by atoms with Gasteiger partial charge in [-0.05, 0) is 6.92 Å². The number of aliphatic hydroxyl groups excluding tert-OH is 3. The molecule has 1 heterocycles. The van der Waals surface area contributed by atoms with Crippen molar-refractivity contribution in [2.45, 2.75) is 31.3 Å². The van der Waals surface area contributed by atoms with Gasteiger partial charge in [-0.1, -0.05) is 0 Å². The van der Waals surface area contributed by atoms with E-state index in [1.807, 2.05) is 0 Å². The highest BCUT2D eigenvalue weighted by atomic mass is 17.2. The smallest absolute Gasteiger partial charge is 0.378 e. The molecule has 0 spiro atoms. The van der Waals surface area contributed by atoms with Gasteiger partial charge in [0.25, 0.3) is 5.78 Å². The Bertz CT molecular complexity index is 291. The number of hydrogen-bond donors (Lipinski definition) is 3. The topological polar surface area (TPSA) is 123 Å². The zero-order valence-electron chi connectivity index (χ0n) is 9.11. The average Bonchev–Trinajstić information content (AvgIpc) is 2.62. The molecule has 0 aromatic carbocycles. The molecule has 1 saturated heterocycles. The summed E-state index contributed by atoms with van der Waals surface area (Å²) in [6.07, 6.45) is -4.90. The number of aliphatic hydroxyl groups is 3. The fourth-order valence-electron chi connectivity index (χ4n) is 1.18. The van der Waals surface area contributed by atoms with Crippen molar-refractivity contribution < 1.29 is 39.4 Å². The van der Waals surface area contributed by atoms with Crippen LogP contribution >= 0.6 is 0 Å². The third kappa shape index (κ3) is 3.20. The van der Waals surface area contributed by atoms with E-state index >= 15 is 0 Å². The zero-order valence-corrected chi connectivity index (χ0v) is 9.11. The van der Waals surface area contributed by atoms with Crippen molar-refractivity contribution in [1.29, 1.82) is 0 Å². The number of Topliss-reactive ketones (excluding diaryl/α,β-unsaturated/α-hetero) is 1. The fraction of sp³-hybridized carbons (Fsp3) is 0.778. The highest BCUT2D eigenvalue weighted by molar-refractivity contribution is 6.37. The summed E-state index contributed by atoms with van der Waals surface area (Å²) < 4.78 is 4.54. The predicted octanol–water partition coefficient (Wildman–Crippen LogP) is -2.47. The first-order valence-corrected chi connectivity index (χ1v) is 4.98. The lowest BCUT2D eigenvalue weighted by atomic mass is 10.1. The van der Waals surface area contributed by atoms with Crippen molar-refractivity contribution in [2.75, 3.05) is 13.2 Å². The first-order valence-electron chi connectivity index (χ1n) is 4.98. The minimum absolute atomic E-state index is 0.344. The standard InChI is InChI=1S/C9H14O8/c1-4(2-10)16-17-8-6(13)9(14)15-7(8)5(12)3-11/h4-5,7-8,10-12H,2-3H2,1H3/t4?,5-,7+,8?/m0/s1. The van der Waals surface area contributed by atoms with Gasteiger partial charge in [0, 0.05) is 0 Å². The van der Waals surface area contributed by atoms with Gasteiger partial charge in [-0.2, -0.15) is 0 Å². The lowest BCUT2D eigenvalue weighted by Gasteiger charge is -2.20. The summed E-state index contributed by atoms with van der Waals surface area (Å²) in [5.41, 5.74) is 0. The van der Waals surface area contributed by atoms with Crippen LogP contribution in [0.5, 0.6) is 0 Å². The lowest BCUT2D eigenvalue weighted by Crippen LogP contribution is -2.41. The van der Waals surface area contributed by atoms with E-state index in [0.717, 1.165) is 0 Å². The quantitative estimate of drug-likeness (QED) is 0.205. The Balaban J connectivity index is 2.64. The summed E-state index contributed by atoms with van der Waals surface area (Å²) in [6.45, 7) is 0.434. The van der Waals surface area contributed by atoms with Crippen LogP contribution in [0.3, 0.4) is 0 Å². The molecule has 8 nitrogen and oxygen atoms in total. The minimum Gasteiger partial charge on any atom is -0.450 e. The van der Waals surface area contributed by atoms with Crippen molar-refractivity contribution in [2.24, 2.45) is 0 Å². The molecule has 1 aliphatic rings. The van der Waals surface area contributed by atoms with Gasteiger partial charge < -0.3 is 20.1 Å². The van der Waals surface area contributed by atoms with Gasteiger partial charge in [-0.15, -0.1) is 0 Å². The van der Waals surface area contributed by atoms with Gasteiger partial charge in [0.1, 0.15) is 12.2 Å². The Hall–Kier alpha value is -1.06. The van der Waals surface area contributed by atoms with Gasteiger partial charge in [0.15, 0.2) is 6.10 Å². The lowest BCUT2D eigenvalue weighted by molar-refractivity contribution is -0.352. The van der Waals surface area contributed by atoms with Crippen molar-refractivity contribution in [1.82, 2.24) is 0 Å². The Morgan fingerprint density at radius 2 is 2.00 bits per heavy atom. The number of cyclic esters (lactones) is 1. The van der Waals surface area contributed by atoms with Gasteiger partial charge >= 0.3 is 5.97 Å². The molecule has 17 heavy (non-hydrogen) atoms. The molecular formula is C9H14O8. The first-order chi connectivity index (χ1) is 8.01. The molecule has 98 valence electrons. The number of carbonyl (C=O) groups is 2. The van der Waals surface area contributed by atoms with E-state index in [-0.39, 0.29) is 6.61 Å². The van der Waals surface area contributed by atoms with Crippen LogP contribution in [0.2, 0.25) is 0 Å². The number of rotatable bonds is 6. The Morgan fingerprint density at radius 3 is 2.53 bits per heavy atom. The molecule has 0 amide bonds. The summed E-state index contributed by atoms with van der Waals surface area (Å²) >= 11 is 0. The summed E-state index contributed by atoms with van der Waals surface area (Å²) in [6, 6.07) is 0. The van der Waals surface area contributed by atoms with Crippen molar-refractivity contribution in [3.8, 4) is 0 Å². The van der Waals surface area contributed by atoms with Crippen molar-refractivity contribution >= 4 is 11.8 Å². The fourth-order valence-corrected chi connectivity index (χ4v) is 1.18. The summed E-state index contributed by atoms with van der Waals surface area (Å²) in [5, 5.41) is 26.7. The zero-order chi connectivity index (χ0) is 13.0. The number of ether oxygens (including phenoxy) is 1. The monoisotopic (exact) mass is 250 g/mol. The first kappa shape index (κ1) is 14.0. The molecule has 0 aromatic rings. The molecule has 1 aliphatic heterocycles. The van der Waals surface area contributed by atoms with Crippen LogP contribution in [0, 0.1) is 0 Å². The van der Waals surface area contributed by atoms with Gasteiger partial charge in [0.2, 0.25) is 6.10 Å². The van der Waals surface area contributed by atoms with Gasteiger partial charge in [-0.3, -0.25) is 4.79 Å². The minimum atomic E-state index is -1.45. The molecule has 3 N–H and O–H groups in total. The molecule has 0 aromatic heterocycles. The van der Waals surface area contributed by atoms with E-state index in [2.05, 4.69) is 14.5 Å². The van der Waals surface area contributed by atoms with Crippen LogP contribution in [-0.4, -0.2) is 64.7 Å². The third-order valence-electron chi connectivity index (χ3n) is 2.15. The van der Waals surface area contributed by atoms with Crippen LogP contribution in [0.4, 0.5) is 0 Å². The van der Waals surface area contributed by atoms with Crippen LogP contribution < -0.4 is 0 Å². The molecule has 2 unspecified atom stereocenters. The average molecular weight is 250 g/mol. The van der Waals surface area contributed by atoms with Crippen LogP contribution in [0.1, 0.15) is 6.92 Å². The molecule has 1 fully saturated rings. The predicted molar refractivity (Wildman–Crippen MR) is 50.5 cm³/mol. The maximum atomic E-state index is 11.3. The second kappa shape index (κ2) is 6.03. The molecule has 0 aliphatic carbocycles. The van der Waals surface area contributed by atoms with Crippen LogP contribution in [0.15, 0.2) is 0 Å². The molecular weight excluding hydrogens is 236 g/mol. The third-order valence-corrected chi connectivity index (χ3v) is 2.15. The summed E-state index contributed by atoms with van der Waals surface area (Å²) in [4.78, 5) is 31.6. The van der Waals surface area contributed by atoms with E-state index in [0.29, 0.717) is 0 Å².